The van der Waals surface area contributed by atoms with Gasteiger partial charge in [0.15, 0.2) is 0 Å². The molecule has 6 heteroatoms. The summed E-state index contributed by atoms with van der Waals surface area (Å²) in [5.41, 5.74) is 5.52. The van der Waals surface area contributed by atoms with Crippen LogP contribution in [0.25, 0.3) is 0 Å². The lowest BCUT2D eigenvalue weighted by atomic mass is 10.1. The minimum absolute atomic E-state index is 0. The van der Waals surface area contributed by atoms with Crippen molar-refractivity contribution in [3.05, 3.63) is 35.4 Å². The standard InChI is InChI=1S/C12H14F2N2O.ClH/c13-8-3-4-11(14)10(6-8)12(17)16-5-1-2-9(15)7-16;/h3-4,6,9H,1-2,5,7,15H2;1H/t9-;/m1./s1. The molecule has 0 radical (unpaired) electrons. The van der Waals surface area contributed by atoms with Crippen LogP contribution in [-0.2, 0) is 0 Å². The van der Waals surface area contributed by atoms with Crippen LogP contribution in [0, 0.1) is 11.6 Å². The molecule has 2 rings (SSSR count). The van der Waals surface area contributed by atoms with Gasteiger partial charge in [-0.1, -0.05) is 0 Å². The van der Waals surface area contributed by atoms with Crippen LogP contribution in [-0.4, -0.2) is 29.9 Å². The number of rotatable bonds is 1. The molecule has 1 aromatic carbocycles. The predicted octanol–water partition coefficient (Wildman–Crippen LogP) is 1.95. The summed E-state index contributed by atoms with van der Waals surface area (Å²) < 4.78 is 26.4. The summed E-state index contributed by atoms with van der Waals surface area (Å²) in [5, 5.41) is 0. The Balaban J connectivity index is 0.00000162. The highest BCUT2D eigenvalue weighted by Crippen LogP contribution is 2.16. The third-order valence-corrected chi connectivity index (χ3v) is 2.90. The second kappa shape index (κ2) is 6.11. The van der Waals surface area contributed by atoms with Crippen molar-refractivity contribution in [2.24, 2.45) is 5.73 Å². The maximum Gasteiger partial charge on any atom is 0.256 e. The molecule has 0 aliphatic carbocycles. The molecule has 0 spiro atoms. The Morgan fingerprint density at radius 2 is 2.11 bits per heavy atom. The molecular formula is C12H15ClF2N2O. The van der Waals surface area contributed by atoms with Gasteiger partial charge in [0.1, 0.15) is 11.6 Å². The first-order chi connectivity index (χ1) is 8.08. The van der Waals surface area contributed by atoms with Crippen molar-refractivity contribution < 1.29 is 13.6 Å². The van der Waals surface area contributed by atoms with Crippen molar-refractivity contribution in [2.75, 3.05) is 13.1 Å². The summed E-state index contributed by atoms with van der Waals surface area (Å²) in [6, 6.07) is 2.81. The lowest BCUT2D eigenvalue weighted by Gasteiger charge is -2.30. The molecule has 1 atom stereocenters. The molecule has 1 amide bonds. The van der Waals surface area contributed by atoms with Crippen LogP contribution >= 0.6 is 12.4 Å². The number of amides is 1. The summed E-state index contributed by atoms with van der Waals surface area (Å²) >= 11 is 0. The Kier molecular flexibility index (Phi) is 5.04. The largest absolute Gasteiger partial charge is 0.337 e. The zero-order chi connectivity index (χ0) is 12.4. The van der Waals surface area contributed by atoms with Crippen LogP contribution in [0.4, 0.5) is 8.78 Å². The second-order valence-electron chi connectivity index (χ2n) is 4.28. The van der Waals surface area contributed by atoms with E-state index in [4.69, 9.17) is 5.73 Å². The van der Waals surface area contributed by atoms with Crippen molar-refractivity contribution in [1.29, 1.82) is 0 Å². The van der Waals surface area contributed by atoms with Gasteiger partial charge in [0.05, 0.1) is 5.56 Å². The Morgan fingerprint density at radius 3 is 2.78 bits per heavy atom. The van der Waals surface area contributed by atoms with E-state index in [0.29, 0.717) is 13.1 Å². The molecule has 1 aliphatic heterocycles. The third-order valence-electron chi connectivity index (χ3n) is 2.90. The lowest BCUT2D eigenvalue weighted by Crippen LogP contribution is -2.45. The molecule has 1 saturated heterocycles. The van der Waals surface area contributed by atoms with Gasteiger partial charge in [0.25, 0.3) is 5.91 Å². The Labute approximate surface area is 110 Å². The first kappa shape index (κ1) is 14.9. The highest BCUT2D eigenvalue weighted by atomic mass is 35.5. The summed E-state index contributed by atoms with van der Waals surface area (Å²) in [5.74, 6) is -1.80. The molecule has 1 aliphatic rings. The van der Waals surface area contributed by atoms with Crippen LogP contribution in [0.5, 0.6) is 0 Å². The minimum Gasteiger partial charge on any atom is -0.337 e. The van der Waals surface area contributed by atoms with Gasteiger partial charge in [-0.3, -0.25) is 4.79 Å². The monoisotopic (exact) mass is 276 g/mol. The number of nitrogens with two attached hydrogens (primary N) is 1. The number of benzene rings is 1. The van der Waals surface area contributed by atoms with Crippen molar-refractivity contribution in [2.45, 2.75) is 18.9 Å². The zero-order valence-electron chi connectivity index (χ0n) is 9.73. The van der Waals surface area contributed by atoms with Crippen LogP contribution in [0.2, 0.25) is 0 Å². The average molecular weight is 277 g/mol. The van der Waals surface area contributed by atoms with E-state index in [9.17, 15) is 13.6 Å². The van der Waals surface area contributed by atoms with Gasteiger partial charge in [-0.2, -0.15) is 0 Å². The predicted molar refractivity (Wildman–Crippen MR) is 66.7 cm³/mol. The van der Waals surface area contributed by atoms with E-state index >= 15 is 0 Å². The summed E-state index contributed by atoms with van der Waals surface area (Å²) in [7, 11) is 0. The van der Waals surface area contributed by atoms with Gasteiger partial charge in [0, 0.05) is 19.1 Å². The number of likely N-dealkylation sites (tertiary alicyclic amines) is 1. The molecule has 0 aromatic heterocycles. The fourth-order valence-corrected chi connectivity index (χ4v) is 2.03. The SMILES string of the molecule is Cl.N[C@@H]1CCCN(C(=O)c2cc(F)ccc2F)C1. The van der Waals surface area contributed by atoms with Gasteiger partial charge in [0.2, 0.25) is 0 Å². The number of piperidine rings is 1. The maximum atomic E-state index is 13.4. The van der Waals surface area contributed by atoms with Gasteiger partial charge in [-0.25, -0.2) is 8.78 Å². The first-order valence-electron chi connectivity index (χ1n) is 5.58. The van der Waals surface area contributed by atoms with Crippen molar-refractivity contribution >= 4 is 18.3 Å². The van der Waals surface area contributed by atoms with Crippen LogP contribution in [0.3, 0.4) is 0 Å². The normalized spacial score (nSPS) is 19.3. The van der Waals surface area contributed by atoms with Crippen molar-refractivity contribution in [3.63, 3.8) is 0 Å². The molecule has 2 N–H and O–H groups in total. The number of hydrogen-bond acceptors (Lipinski definition) is 2. The maximum absolute atomic E-state index is 13.4. The molecule has 0 saturated carbocycles. The van der Waals surface area contributed by atoms with Gasteiger partial charge in [-0.05, 0) is 31.0 Å². The quantitative estimate of drug-likeness (QED) is 0.852. The number of carbonyl (C=O) groups is 1. The highest BCUT2D eigenvalue weighted by molar-refractivity contribution is 5.94. The Morgan fingerprint density at radius 1 is 1.39 bits per heavy atom. The van der Waals surface area contributed by atoms with E-state index < -0.39 is 17.5 Å². The average Bonchev–Trinajstić information content (AvgIpc) is 2.31. The topological polar surface area (TPSA) is 46.3 Å². The molecule has 3 nitrogen and oxygen atoms in total. The first-order valence-corrected chi connectivity index (χ1v) is 5.58. The number of nitrogens with zero attached hydrogens (tertiary/aromatic N) is 1. The minimum atomic E-state index is -0.699. The Bertz CT molecular complexity index is 442. The molecule has 1 fully saturated rings. The Hall–Kier alpha value is -1.20. The fraction of sp³-hybridized carbons (Fsp3) is 0.417. The number of halogens is 3. The fourth-order valence-electron chi connectivity index (χ4n) is 2.03. The molecule has 0 bridgehead atoms. The number of hydrogen-bond donors (Lipinski definition) is 1. The molecule has 1 aromatic rings. The smallest absolute Gasteiger partial charge is 0.256 e. The number of carbonyl (C=O) groups excluding carboxylic acids is 1. The molecule has 18 heavy (non-hydrogen) atoms. The summed E-state index contributed by atoms with van der Waals surface area (Å²) in [4.78, 5) is 13.5. The van der Waals surface area contributed by atoms with Gasteiger partial charge in [-0.15, -0.1) is 12.4 Å². The van der Waals surface area contributed by atoms with E-state index in [1.54, 1.807) is 0 Å². The summed E-state index contributed by atoms with van der Waals surface area (Å²) in [6.45, 7) is 0.942. The highest BCUT2D eigenvalue weighted by Gasteiger charge is 2.24. The van der Waals surface area contributed by atoms with Crippen molar-refractivity contribution in [3.8, 4) is 0 Å². The van der Waals surface area contributed by atoms with Crippen LogP contribution in [0.1, 0.15) is 23.2 Å². The van der Waals surface area contributed by atoms with E-state index in [1.165, 1.54) is 4.90 Å². The molecule has 0 unspecified atom stereocenters. The van der Waals surface area contributed by atoms with E-state index in [-0.39, 0.29) is 24.0 Å². The molecule has 1 heterocycles. The van der Waals surface area contributed by atoms with E-state index in [0.717, 1.165) is 31.0 Å². The van der Waals surface area contributed by atoms with Gasteiger partial charge >= 0.3 is 0 Å². The van der Waals surface area contributed by atoms with E-state index in [2.05, 4.69) is 0 Å². The third kappa shape index (κ3) is 3.17. The van der Waals surface area contributed by atoms with E-state index in [1.807, 2.05) is 0 Å². The molecule has 100 valence electrons. The van der Waals surface area contributed by atoms with Gasteiger partial charge < -0.3 is 10.6 Å². The van der Waals surface area contributed by atoms with Crippen LogP contribution < -0.4 is 5.73 Å². The molecular weight excluding hydrogens is 262 g/mol. The van der Waals surface area contributed by atoms with Crippen molar-refractivity contribution in [1.82, 2.24) is 4.90 Å². The van der Waals surface area contributed by atoms with Crippen LogP contribution in [0.15, 0.2) is 18.2 Å². The zero-order valence-corrected chi connectivity index (χ0v) is 10.6. The second-order valence-corrected chi connectivity index (χ2v) is 4.28. The lowest BCUT2D eigenvalue weighted by molar-refractivity contribution is 0.0703. The summed E-state index contributed by atoms with van der Waals surface area (Å²) in [6.07, 6.45) is 1.65.